The third-order valence-corrected chi connectivity index (χ3v) is 7.72. The van der Waals surface area contributed by atoms with Crippen molar-refractivity contribution in [1.29, 1.82) is 0 Å². The lowest BCUT2D eigenvalue weighted by atomic mass is 10.1. The molecule has 0 bridgehead atoms. The van der Waals surface area contributed by atoms with Crippen molar-refractivity contribution < 1.29 is 4.79 Å². The predicted molar refractivity (Wildman–Crippen MR) is 147 cm³/mol. The van der Waals surface area contributed by atoms with Gasteiger partial charge in [0.1, 0.15) is 5.52 Å². The van der Waals surface area contributed by atoms with E-state index in [1.54, 1.807) is 11.8 Å². The fraction of sp³-hybridized carbons (Fsp3) is 0.407. The minimum atomic E-state index is 0.112. The Hall–Kier alpha value is -2.68. The average Bonchev–Trinajstić information content (AvgIpc) is 3.48. The normalized spacial score (nSPS) is 14.2. The molecule has 3 heterocycles. The predicted octanol–water partition coefficient (Wildman–Crippen LogP) is 5.07. The first-order chi connectivity index (χ1) is 17.6. The van der Waals surface area contributed by atoms with Gasteiger partial charge in [0.25, 0.3) is 0 Å². The van der Waals surface area contributed by atoms with Crippen molar-refractivity contribution in [2.24, 2.45) is 0 Å². The van der Waals surface area contributed by atoms with Crippen molar-refractivity contribution in [2.75, 3.05) is 31.9 Å². The lowest BCUT2D eigenvalue weighted by Gasteiger charge is -2.14. The number of aryl methyl sites for hydroxylation is 1. The van der Waals surface area contributed by atoms with Crippen LogP contribution in [-0.2, 0) is 11.3 Å². The molecule has 2 aromatic carbocycles. The van der Waals surface area contributed by atoms with Crippen LogP contribution in [0.25, 0.3) is 22.1 Å². The number of halogens is 1. The van der Waals surface area contributed by atoms with Crippen molar-refractivity contribution >= 4 is 51.3 Å². The van der Waals surface area contributed by atoms with Gasteiger partial charge in [0, 0.05) is 42.2 Å². The minimum Gasteiger partial charge on any atom is -0.355 e. The van der Waals surface area contributed by atoms with Gasteiger partial charge in [0.2, 0.25) is 11.1 Å². The van der Waals surface area contributed by atoms with Crippen molar-refractivity contribution in [2.45, 2.75) is 44.3 Å². The van der Waals surface area contributed by atoms with Crippen LogP contribution in [0.15, 0.2) is 47.6 Å². The van der Waals surface area contributed by atoms with E-state index >= 15 is 0 Å². The first kappa shape index (κ1) is 25.0. The number of hydrogen-bond donors (Lipinski definition) is 1. The molecule has 0 radical (unpaired) electrons. The van der Waals surface area contributed by atoms with Crippen LogP contribution in [0.2, 0.25) is 5.02 Å². The van der Waals surface area contributed by atoms with E-state index in [1.165, 1.54) is 18.4 Å². The molecule has 2 aromatic heterocycles. The highest BCUT2D eigenvalue weighted by atomic mass is 35.5. The average molecular weight is 523 g/mol. The van der Waals surface area contributed by atoms with E-state index in [1.807, 2.05) is 18.2 Å². The molecule has 1 fully saturated rings. The van der Waals surface area contributed by atoms with Gasteiger partial charge < -0.3 is 14.8 Å². The number of aromatic nitrogens is 4. The van der Waals surface area contributed by atoms with Crippen LogP contribution in [0.4, 0.5) is 0 Å². The zero-order valence-electron chi connectivity index (χ0n) is 20.5. The summed E-state index contributed by atoms with van der Waals surface area (Å²) in [5.41, 5.74) is 4.96. The summed E-state index contributed by atoms with van der Waals surface area (Å²) in [5, 5.41) is 14.4. The summed E-state index contributed by atoms with van der Waals surface area (Å²) in [6, 6.07) is 14.3. The number of thioether (sulfide) groups is 1. The highest BCUT2D eigenvalue weighted by molar-refractivity contribution is 7.99. The minimum absolute atomic E-state index is 0.112. The second-order valence-electron chi connectivity index (χ2n) is 9.35. The standard InChI is InChI=1S/C27H31ClN6OS/c1-19-9-10-23-22(16-19)25-26(34(23)18-20-6-4-7-21(28)17-20)30-27(32-31-25)36-15-5-8-24(35)29-11-14-33-12-2-3-13-33/h4,6-7,9-10,16-17H,2-3,5,8,11-15,18H2,1H3,(H,29,35). The number of hydrogen-bond acceptors (Lipinski definition) is 6. The zero-order chi connectivity index (χ0) is 24.9. The largest absolute Gasteiger partial charge is 0.355 e. The number of likely N-dealkylation sites (tertiary alicyclic amines) is 1. The van der Waals surface area contributed by atoms with Crippen LogP contribution < -0.4 is 5.32 Å². The number of carbonyl (C=O) groups is 1. The summed E-state index contributed by atoms with van der Waals surface area (Å²) >= 11 is 7.78. The van der Waals surface area contributed by atoms with Crippen molar-refractivity contribution in [3.63, 3.8) is 0 Å². The van der Waals surface area contributed by atoms with Gasteiger partial charge in [0.05, 0.1) is 5.52 Å². The molecule has 5 rings (SSSR count). The van der Waals surface area contributed by atoms with Crippen molar-refractivity contribution in [1.82, 2.24) is 30.0 Å². The molecule has 7 nitrogen and oxygen atoms in total. The highest BCUT2D eigenvalue weighted by Gasteiger charge is 2.16. The fourth-order valence-electron chi connectivity index (χ4n) is 4.74. The van der Waals surface area contributed by atoms with E-state index in [0.717, 1.165) is 66.0 Å². The third-order valence-electron chi connectivity index (χ3n) is 6.56. The lowest BCUT2D eigenvalue weighted by Crippen LogP contribution is -2.33. The molecule has 0 spiro atoms. The van der Waals surface area contributed by atoms with Gasteiger partial charge in [-0.1, -0.05) is 47.1 Å². The molecule has 0 atom stereocenters. The van der Waals surface area contributed by atoms with Crippen LogP contribution in [0.1, 0.15) is 36.8 Å². The fourth-order valence-corrected chi connectivity index (χ4v) is 5.67. The monoisotopic (exact) mass is 522 g/mol. The summed E-state index contributed by atoms with van der Waals surface area (Å²) in [7, 11) is 0. The number of carbonyl (C=O) groups excluding carboxylic acids is 1. The molecule has 0 aliphatic carbocycles. The van der Waals surface area contributed by atoms with Gasteiger partial charge in [-0.15, -0.1) is 10.2 Å². The maximum absolute atomic E-state index is 12.2. The molecule has 1 aliphatic rings. The van der Waals surface area contributed by atoms with E-state index in [0.29, 0.717) is 23.1 Å². The smallest absolute Gasteiger partial charge is 0.220 e. The van der Waals surface area contributed by atoms with Gasteiger partial charge in [0.15, 0.2) is 5.65 Å². The Morgan fingerprint density at radius 1 is 1.14 bits per heavy atom. The second-order valence-corrected chi connectivity index (χ2v) is 10.9. The van der Waals surface area contributed by atoms with E-state index in [-0.39, 0.29) is 5.91 Å². The molecule has 188 valence electrons. The first-order valence-electron chi connectivity index (χ1n) is 12.6. The maximum atomic E-state index is 12.2. The Morgan fingerprint density at radius 3 is 2.83 bits per heavy atom. The topological polar surface area (TPSA) is 75.9 Å². The Kier molecular flexibility index (Phi) is 8.04. The molecule has 1 saturated heterocycles. The van der Waals surface area contributed by atoms with Crippen molar-refractivity contribution in [3.05, 3.63) is 58.6 Å². The Morgan fingerprint density at radius 2 is 2.00 bits per heavy atom. The van der Waals surface area contributed by atoms with Gasteiger partial charge in [-0.05, 0) is 69.1 Å². The zero-order valence-corrected chi connectivity index (χ0v) is 22.1. The summed E-state index contributed by atoms with van der Waals surface area (Å²) in [6.45, 7) is 6.71. The van der Waals surface area contributed by atoms with Gasteiger partial charge in [-0.3, -0.25) is 4.79 Å². The summed E-state index contributed by atoms with van der Waals surface area (Å²) < 4.78 is 2.18. The Bertz CT molecular complexity index is 1370. The van der Waals surface area contributed by atoms with Gasteiger partial charge in [-0.25, -0.2) is 4.98 Å². The summed E-state index contributed by atoms with van der Waals surface area (Å²) in [4.78, 5) is 19.5. The van der Waals surface area contributed by atoms with Crippen molar-refractivity contribution in [3.8, 4) is 0 Å². The molecule has 1 aliphatic heterocycles. The van der Waals surface area contributed by atoms with Gasteiger partial charge in [-0.2, -0.15) is 0 Å². The van der Waals surface area contributed by atoms with Crippen LogP contribution in [0, 0.1) is 6.92 Å². The molecule has 0 saturated carbocycles. The number of nitrogens with one attached hydrogen (secondary N) is 1. The van der Waals surface area contributed by atoms with E-state index in [9.17, 15) is 4.79 Å². The second kappa shape index (κ2) is 11.6. The van der Waals surface area contributed by atoms with E-state index in [4.69, 9.17) is 16.6 Å². The SMILES string of the molecule is Cc1ccc2c(c1)c1nnc(SCCCC(=O)NCCN3CCCC3)nc1n2Cc1cccc(Cl)c1. The third kappa shape index (κ3) is 5.99. The number of rotatable bonds is 10. The molecule has 0 unspecified atom stereocenters. The molecular formula is C27H31ClN6OS. The summed E-state index contributed by atoms with van der Waals surface area (Å²) in [5.74, 6) is 0.877. The van der Waals surface area contributed by atoms with E-state index < -0.39 is 0 Å². The Labute approximate surface area is 220 Å². The number of fused-ring (bicyclic) bond motifs is 3. The Balaban J connectivity index is 1.25. The molecule has 4 aromatic rings. The van der Waals surface area contributed by atoms with Crippen LogP contribution in [-0.4, -0.2) is 62.5 Å². The quantitative estimate of drug-likeness (QED) is 0.231. The molecular weight excluding hydrogens is 492 g/mol. The molecule has 1 N–H and O–H groups in total. The molecule has 36 heavy (non-hydrogen) atoms. The number of nitrogens with zero attached hydrogens (tertiary/aromatic N) is 5. The maximum Gasteiger partial charge on any atom is 0.220 e. The molecule has 9 heteroatoms. The van der Waals surface area contributed by atoms with E-state index in [2.05, 4.69) is 56.2 Å². The highest BCUT2D eigenvalue weighted by Crippen LogP contribution is 2.29. The van der Waals surface area contributed by atoms with Crippen LogP contribution >= 0.6 is 23.4 Å². The summed E-state index contributed by atoms with van der Waals surface area (Å²) in [6.07, 6.45) is 3.83. The lowest BCUT2D eigenvalue weighted by molar-refractivity contribution is -0.121. The van der Waals surface area contributed by atoms with Gasteiger partial charge >= 0.3 is 0 Å². The van der Waals surface area contributed by atoms with Crippen LogP contribution in [0.3, 0.4) is 0 Å². The number of benzene rings is 2. The number of amides is 1. The first-order valence-corrected chi connectivity index (χ1v) is 13.9. The van der Waals surface area contributed by atoms with Crippen LogP contribution in [0.5, 0.6) is 0 Å². The molecule has 1 amide bonds.